The monoisotopic (exact) mass is 248 g/mol. The Morgan fingerprint density at radius 3 is 2.94 bits per heavy atom. The van der Waals surface area contributed by atoms with Crippen molar-refractivity contribution in [3.63, 3.8) is 0 Å². The number of aromatic nitrogens is 4. The average Bonchev–Trinajstić information content (AvgIpc) is 2.77. The molecular weight excluding hydrogens is 243 g/mol. The minimum Gasteiger partial charge on any atom is -0.261 e. The lowest BCUT2D eigenvalue weighted by atomic mass is 10.2. The molecule has 0 unspecified atom stereocenters. The number of nitrogens with zero attached hydrogens (tertiary/aromatic N) is 4. The van der Waals surface area contributed by atoms with Gasteiger partial charge in [-0.25, -0.2) is 13.9 Å². The van der Waals surface area contributed by atoms with Gasteiger partial charge in [-0.3, -0.25) is 4.98 Å². The van der Waals surface area contributed by atoms with Crippen LogP contribution in [-0.4, -0.2) is 19.6 Å². The first kappa shape index (κ1) is 10.2. The van der Waals surface area contributed by atoms with Gasteiger partial charge >= 0.3 is 0 Å². The molecule has 3 aromatic heterocycles. The summed E-state index contributed by atoms with van der Waals surface area (Å²) in [5.41, 5.74) is 1.75. The lowest BCUT2D eigenvalue weighted by Gasteiger charge is -2.03. The molecule has 3 heterocycles. The maximum absolute atomic E-state index is 13.1. The highest BCUT2D eigenvalue weighted by Gasteiger charge is 2.07. The molecule has 3 rings (SSSR count). The van der Waals surface area contributed by atoms with Gasteiger partial charge < -0.3 is 0 Å². The molecule has 17 heavy (non-hydrogen) atoms. The highest BCUT2D eigenvalue weighted by Crippen LogP contribution is 2.21. The molecule has 0 fully saturated rings. The third kappa shape index (κ3) is 1.74. The van der Waals surface area contributed by atoms with E-state index in [1.165, 1.54) is 16.8 Å². The van der Waals surface area contributed by atoms with Gasteiger partial charge in [0.2, 0.25) is 0 Å². The van der Waals surface area contributed by atoms with E-state index in [2.05, 4.69) is 15.1 Å². The van der Waals surface area contributed by atoms with Crippen LogP contribution in [0, 0.1) is 5.82 Å². The van der Waals surface area contributed by atoms with Crippen molar-refractivity contribution in [3.8, 4) is 11.3 Å². The summed E-state index contributed by atoms with van der Waals surface area (Å²) in [7, 11) is 0. The van der Waals surface area contributed by atoms with Crippen LogP contribution in [0.1, 0.15) is 0 Å². The largest absolute Gasteiger partial charge is 0.261 e. The summed E-state index contributed by atoms with van der Waals surface area (Å²) in [5, 5.41) is 4.42. The van der Waals surface area contributed by atoms with Crippen LogP contribution in [-0.2, 0) is 0 Å². The van der Waals surface area contributed by atoms with Crippen molar-refractivity contribution in [1.29, 1.82) is 0 Å². The molecule has 0 saturated carbocycles. The van der Waals surface area contributed by atoms with Crippen molar-refractivity contribution in [2.45, 2.75) is 0 Å². The second-order valence-electron chi connectivity index (χ2n) is 3.46. The van der Waals surface area contributed by atoms with Gasteiger partial charge in [0.05, 0.1) is 18.1 Å². The van der Waals surface area contributed by atoms with Gasteiger partial charge in [-0.2, -0.15) is 5.10 Å². The molecule has 4 nitrogen and oxygen atoms in total. The van der Waals surface area contributed by atoms with Crippen LogP contribution in [0.15, 0.2) is 36.8 Å². The topological polar surface area (TPSA) is 43.1 Å². The molecule has 0 radical (unpaired) electrons. The Balaban J connectivity index is 2.23. The normalized spacial score (nSPS) is 10.9. The second kappa shape index (κ2) is 3.78. The van der Waals surface area contributed by atoms with E-state index in [4.69, 9.17) is 11.6 Å². The predicted molar refractivity (Wildman–Crippen MR) is 61.2 cm³/mol. The van der Waals surface area contributed by atoms with Crippen LogP contribution >= 0.6 is 11.6 Å². The molecule has 0 N–H and O–H groups in total. The molecule has 0 bridgehead atoms. The highest BCUT2D eigenvalue weighted by molar-refractivity contribution is 6.29. The number of fused-ring (bicyclic) bond motifs is 1. The SMILES string of the molecule is Fc1cncc(-c2cc(Cl)n3nccc3n2)c1. The van der Waals surface area contributed by atoms with Gasteiger partial charge in [0.25, 0.3) is 0 Å². The van der Waals surface area contributed by atoms with Gasteiger partial charge in [0, 0.05) is 23.9 Å². The molecule has 0 aliphatic carbocycles. The Hall–Kier alpha value is -2.01. The third-order valence-electron chi connectivity index (χ3n) is 2.32. The minimum absolute atomic E-state index is 0.409. The van der Waals surface area contributed by atoms with Crippen molar-refractivity contribution in [1.82, 2.24) is 19.6 Å². The summed E-state index contributed by atoms with van der Waals surface area (Å²) in [6, 6.07) is 4.71. The molecule has 84 valence electrons. The maximum Gasteiger partial charge on any atom is 0.157 e. The van der Waals surface area contributed by atoms with Crippen LogP contribution < -0.4 is 0 Å². The molecule has 3 aromatic rings. The lowest BCUT2D eigenvalue weighted by molar-refractivity contribution is 0.622. The van der Waals surface area contributed by atoms with Crippen LogP contribution in [0.4, 0.5) is 4.39 Å². The fourth-order valence-electron chi connectivity index (χ4n) is 1.58. The van der Waals surface area contributed by atoms with Crippen molar-refractivity contribution < 1.29 is 4.39 Å². The molecule has 0 amide bonds. The van der Waals surface area contributed by atoms with Gasteiger partial charge in [0.15, 0.2) is 5.65 Å². The zero-order valence-electron chi connectivity index (χ0n) is 8.51. The van der Waals surface area contributed by atoms with E-state index >= 15 is 0 Å². The first-order valence-electron chi connectivity index (χ1n) is 4.85. The molecular formula is C11H6ClFN4. The number of halogens is 2. The fraction of sp³-hybridized carbons (Fsp3) is 0. The standard InChI is InChI=1S/C11H6ClFN4/c12-10-4-9(7-3-8(13)6-14-5-7)16-11-1-2-15-17(10)11/h1-6H. The molecule has 0 spiro atoms. The predicted octanol–water partition coefficient (Wildman–Crippen LogP) is 2.58. The zero-order valence-corrected chi connectivity index (χ0v) is 9.26. The Bertz CT molecular complexity index is 695. The quantitative estimate of drug-likeness (QED) is 0.622. The van der Waals surface area contributed by atoms with E-state index in [9.17, 15) is 4.39 Å². The molecule has 0 aliphatic rings. The van der Waals surface area contributed by atoms with Gasteiger partial charge in [-0.1, -0.05) is 11.6 Å². The third-order valence-corrected chi connectivity index (χ3v) is 2.59. The van der Waals surface area contributed by atoms with Gasteiger partial charge in [-0.15, -0.1) is 0 Å². The van der Waals surface area contributed by atoms with Crippen molar-refractivity contribution >= 4 is 17.2 Å². The average molecular weight is 249 g/mol. The van der Waals surface area contributed by atoms with Crippen LogP contribution in [0.2, 0.25) is 5.15 Å². The summed E-state index contributed by atoms with van der Waals surface area (Å²) in [6.45, 7) is 0. The van der Waals surface area contributed by atoms with Crippen molar-refractivity contribution in [2.24, 2.45) is 0 Å². The lowest BCUT2D eigenvalue weighted by Crippen LogP contribution is -1.94. The molecule has 0 aliphatic heterocycles. The molecule has 6 heteroatoms. The number of hydrogen-bond acceptors (Lipinski definition) is 3. The summed E-state index contributed by atoms with van der Waals surface area (Å²) in [4.78, 5) is 8.09. The van der Waals surface area contributed by atoms with Crippen molar-refractivity contribution in [2.75, 3.05) is 0 Å². The van der Waals surface area contributed by atoms with Crippen LogP contribution in [0.25, 0.3) is 16.9 Å². The minimum atomic E-state index is -0.409. The van der Waals surface area contributed by atoms with Gasteiger partial charge in [-0.05, 0) is 6.07 Å². The number of hydrogen-bond donors (Lipinski definition) is 0. The maximum atomic E-state index is 13.1. The smallest absolute Gasteiger partial charge is 0.157 e. The van der Waals surface area contributed by atoms with Gasteiger partial charge in [0.1, 0.15) is 11.0 Å². The van der Waals surface area contributed by atoms with E-state index in [-0.39, 0.29) is 0 Å². The van der Waals surface area contributed by atoms with E-state index in [1.54, 1.807) is 18.3 Å². The molecule has 0 aromatic carbocycles. The Morgan fingerprint density at radius 2 is 2.12 bits per heavy atom. The highest BCUT2D eigenvalue weighted by atomic mass is 35.5. The Morgan fingerprint density at radius 1 is 1.24 bits per heavy atom. The zero-order chi connectivity index (χ0) is 11.8. The number of pyridine rings is 1. The van der Waals surface area contributed by atoms with E-state index in [0.29, 0.717) is 22.1 Å². The van der Waals surface area contributed by atoms with E-state index in [0.717, 1.165) is 6.20 Å². The summed E-state index contributed by atoms with van der Waals surface area (Å²) in [5.74, 6) is -0.409. The Kier molecular flexibility index (Phi) is 2.26. The first-order chi connectivity index (χ1) is 8.24. The van der Waals surface area contributed by atoms with E-state index < -0.39 is 5.82 Å². The first-order valence-corrected chi connectivity index (χ1v) is 5.23. The Labute approximate surface area is 101 Å². The molecule has 0 atom stereocenters. The number of rotatable bonds is 1. The summed E-state index contributed by atoms with van der Waals surface area (Å²) >= 11 is 6.04. The van der Waals surface area contributed by atoms with Crippen molar-refractivity contribution in [3.05, 3.63) is 47.8 Å². The summed E-state index contributed by atoms with van der Waals surface area (Å²) < 4.78 is 14.6. The summed E-state index contributed by atoms with van der Waals surface area (Å²) in [6.07, 6.45) is 4.28. The van der Waals surface area contributed by atoms with E-state index in [1.807, 2.05) is 0 Å². The van der Waals surface area contributed by atoms with Crippen LogP contribution in [0.5, 0.6) is 0 Å². The molecule has 0 saturated heterocycles. The second-order valence-corrected chi connectivity index (χ2v) is 3.84. The van der Waals surface area contributed by atoms with Crippen LogP contribution in [0.3, 0.4) is 0 Å². The fourth-order valence-corrected chi connectivity index (χ4v) is 1.81.